The number of nitrogens with zero attached hydrogens (tertiary/aromatic N) is 1. The fraction of sp³-hybridized carbons (Fsp3) is 0.125. The van der Waals surface area contributed by atoms with E-state index >= 15 is 0 Å². The highest BCUT2D eigenvalue weighted by Gasteiger charge is 2.35. The Balaban J connectivity index is 1.83. The van der Waals surface area contributed by atoms with Gasteiger partial charge in [0, 0.05) is 10.5 Å². The first-order valence-electron chi connectivity index (χ1n) is 6.60. The Morgan fingerprint density at radius 1 is 1.23 bits per heavy atom. The van der Waals surface area contributed by atoms with Crippen LogP contribution in [-0.4, -0.2) is 16.0 Å². The predicted molar refractivity (Wildman–Crippen MR) is 89.1 cm³/mol. The fourth-order valence-electron chi connectivity index (χ4n) is 2.09. The normalized spacial score (nSPS) is 16.8. The molecule has 6 heteroatoms. The first-order valence-corrected chi connectivity index (χ1v) is 8.21. The summed E-state index contributed by atoms with van der Waals surface area (Å²) in [7, 11) is 0. The van der Waals surface area contributed by atoms with E-state index in [1.165, 1.54) is 4.90 Å². The lowest BCUT2D eigenvalue weighted by molar-refractivity contribution is -0.123. The van der Waals surface area contributed by atoms with E-state index in [1.807, 2.05) is 37.3 Å². The average Bonchev–Trinajstić information content (AvgIpc) is 3.00. The molecule has 112 valence electrons. The van der Waals surface area contributed by atoms with Crippen LogP contribution in [0.3, 0.4) is 0 Å². The van der Waals surface area contributed by atoms with Gasteiger partial charge in [0.25, 0.3) is 11.1 Å². The van der Waals surface area contributed by atoms with E-state index in [2.05, 4.69) is 15.9 Å². The highest BCUT2D eigenvalue weighted by Crippen LogP contribution is 2.34. The molecule has 4 nitrogen and oxygen atoms in total. The lowest BCUT2D eigenvalue weighted by Crippen LogP contribution is -2.27. The number of benzene rings is 1. The van der Waals surface area contributed by atoms with Crippen molar-refractivity contribution in [3.05, 3.63) is 62.9 Å². The summed E-state index contributed by atoms with van der Waals surface area (Å²) in [6.07, 6.45) is 1.61. The third-order valence-electron chi connectivity index (χ3n) is 3.19. The third-order valence-corrected chi connectivity index (χ3v) is 4.88. The van der Waals surface area contributed by atoms with Crippen LogP contribution >= 0.6 is 27.7 Å². The smallest absolute Gasteiger partial charge is 0.293 e. The van der Waals surface area contributed by atoms with Crippen LogP contribution in [0.4, 0.5) is 4.79 Å². The number of furan rings is 1. The van der Waals surface area contributed by atoms with Crippen molar-refractivity contribution in [1.82, 2.24) is 4.90 Å². The van der Waals surface area contributed by atoms with Gasteiger partial charge in [0.05, 0.1) is 11.4 Å². The summed E-state index contributed by atoms with van der Waals surface area (Å²) < 4.78 is 6.30. The van der Waals surface area contributed by atoms with Crippen molar-refractivity contribution < 1.29 is 14.0 Å². The molecule has 22 heavy (non-hydrogen) atoms. The predicted octanol–water partition coefficient (Wildman–Crippen LogP) is 4.59. The molecule has 1 fully saturated rings. The Bertz CT molecular complexity index is 781. The molecular formula is C16H12BrNO3S. The maximum Gasteiger partial charge on any atom is 0.293 e. The van der Waals surface area contributed by atoms with Gasteiger partial charge in [0.15, 0.2) is 0 Å². The molecule has 0 unspecified atom stereocenters. The maximum atomic E-state index is 12.4. The fourth-order valence-corrected chi connectivity index (χ4v) is 3.32. The van der Waals surface area contributed by atoms with Crippen LogP contribution in [0.2, 0.25) is 0 Å². The van der Waals surface area contributed by atoms with Crippen LogP contribution in [-0.2, 0) is 11.3 Å². The van der Waals surface area contributed by atoms with E-state index < -0.39 is 0 Å². The molecule has 1 aliphatic rings. The summed E-state index contributed by atoms with van der Waals surface area (Å²) in [5.41, 5.74) is 0.889. The van der Waals surface area contributed by atoms with Gasteiger partial charge in [-0.2, -0.15) is 0 Å². The molecule has 0 atom stereocenters. The van der Waals surface area contributed by atoms with Crippen molar-refractivity contribution in [2.75, 3.05) is 0 Å². The van der Waals surface area contributed by atoms with Gasteiger partial charge in [-0.1, -0.05) is 34.1 Å². The zero-order valence-corrected chi connectivity index (χ0v) is 14.1. The number of amides is 2. The summed E-state index contributed by atoms with van der Waals surface area (Å²) in [5.74, 6) is 1.04. The number of aryl methyl sites for hydroxylation is 1. The molecule has 3 rings (SSSR count). The van der Waals surface area contributed by atoms with E-state index in [9.17, 15) is 9.59 Å². The maximum absolute atomic E-state index is 12.4. The van der Waals surface area contributed by atoms with Crippen LogP contribution < -0.4 is 0 Å². The van der Waals surface area contributed by atoms with Gasteiger partial charge < -0.3 is 4.42 Å². The van der Waals surface area contributed by atoms with Gasteiger partial charge >= 0.3 is 0 Å². The lowest BCUT2D eigenvalue weighted by Gasteiger charge is -2.13. The van der Waals surface area contributed by atoms with Crippen molar-refractivity contribution in [3.63, 3.8) is 0 Å². The topological polar surface area (TPSA) is 50.5 Å². The van der Waals surface area contributed by atoms with Crippen molar-refractivity contribution in [1.29, 1.82) is 0 Å². The van der Waals surface area contributed by atoms with Gasteiger partial charge in [0.2, 0.25) is 0 Å². The number of hydrogen-bond donors (Lipinski definition) is 0. The molecule has 2 heterocycles. The summed E-state index contributed by atoms with van der Waals surface area (Å²) in [6, 6.07) is 11.1. The van der Waals surface area contributed by atoms with Crippen molar-refractivity contribution in [2.24, 2.45) is 0 Å². The van der Waals surface area contributed by atoms with E-state index in [0.717, 1.165) is 27.6 Å². The second-order valence-corrected chi connectivity index (χ2v) is 6.66. The van der Waals surface area contributed by atoms with Gasteiger partial charge in [-0.15, -0.1) is 0 Å². The summed E-state index contributed by atoms with van der Waals surface area (Å²) in [4.78, 5) is 26.1. The molecular weight excluding hydrogens is 366 g/mol. The zero-order chi connectivity index (χ0) is 15.7. The number of halogens is 1. The SMILES string of the molecule is Cc1ccc(/C=C2\SC(=O)N(Cc3ccccc3Br)C2=O)o1. The van der Waals surface area contributed by atoms with Crippen molar-refractivity contribution in [2.45, 2.75) is 13.5 Å². The van der Waals surface area contributed by atoms with Gasteiger partial charge in [-0.05, 0) is 42.4 Å². The largest absolute Gasteiger partial charge is 0.462 e. The number of hydrogen-bond acceptors (Lipinski definition) is 4. The van der Waals surface area contributed by atoms with Crippen molar-refractivity contribution >= 4 is 44.9 Å². The van der Waals surface area contributed by atoms with Gasteiger partial charge in [-0.25, -0.2) is 0 Å². The van der Waals surface area contributed by atoms with E-state index in [1.54, 1.807) is 12.1 Å². The van der Waals surface area contributed by atoms with Crippen LogP contribution in [0.15, 0.2) is 50.2 Å². The van der Waals surface area contributed by atoms with E-state index in [0.29, 0.717) is 10.7 Å². The Morgan fingerprint density at radius 2 is 2.00 bits per heavy atom. The number of rotatable bonds is 3. The number of carbonyl (C=O) groups is 2. The first kappa shape index (κ1) is 15.1. The minimum absolute atomic E-state index is 0.251. The quantitative estimate of drug-likeness (QED) is 0.734. The third kappa shape index (κ3) is 3.03. The molecule has 1 aliphatic heterocycles. The average molecular weight is 378 g/mol. The zero-order valence-electron chi connectivity index (χ0n) is 11.7. The molecule has 0 aliphatic carbocycles. The Hall–Kier alpha value is -1.79. The molecule has 2 amide bonds. The van der Waals surface area contributed by atoms with E-state index in [-0.39, 0.29) is 17.7 Å². The lowest BCUT2D eigenvalue weighted by atomic mass is 10.2. The molecule has 0 bridgehead atoms. The molecule has 0 radical (unpaired) electrons. The van der Waals surface area contributed by atoms with Crippen LogP contribution in [0.25, 0.3) is 6.08 Å². The van der Waals surface area contributed by atoms with Crippen LogP contribution in [0.1, 0.15) is 17.1 Å². The second-order valence-electron chi connectivity index (χ2n) is 4.81. The Morgan fingerprint density at radius 3 is 2.68 bits per heavy atom. The van der Waals surface area contributed by atoms with E-state index in [4.69, 9.17) is 4.42 Å². The summed E-state index contributed by atoms with van der Waals surface area (Å²) in [5, 5.41) is -0.268. The summed E-state index contributed by atoms with van der Waals surface area (Å²) >= 11 is 4.36. The van der Waals surface area contributed by atoms with Gasteiger partial charge in [0.1, 0.15) is 11.5 Å². The van der Waals surface area contributed by atoms with Crippen LogP contribution in [0, 0.1) is 6.92 Å². The monoisotopic (exact) mass is 377 g/mol. The van der Waals surface area contributed by atoms with Crippen LogP contribution in [0.5, 0.6) is 0 Å². The number of thioether (sulfide) groups is 1. The molecule has 1 saturated heterocycles. The molecule has 0 spiro atoms. The Labute approximate surface area is 140 Å². The summed E-state index contributed by atoms with van der Waals surface area (Å²) in [6.45, 7) is 2.08. The standard InChI is InChI=1S/C16H12BrNO3S/c1-10-6-7-12(21-10)8-14-15(19)18(16(20)22-14)9-11-4-2-3-5-13(11)17/h2-8H,9H2,1H3/b14-8-. The number of imide groups is 1. The molecule has 0 N–H and O–H groups in total. The second kappa shape index (κ2) is 6.14. The molecule has 2 aromatic rings. The van der Waals surface area contributed by atoms with Gasteiger partial charge in [-0.3, -0.25) is 14.5 Å². The molecule has 1 aromatic heterocycles. The minimum atomic E-state index is -0.292. The highest BCUT2D eigenvalue weighted by molar-refractivity contribution is 9.10. The molecule has 0 saturated carbocycles. The number of carbonyl (C=O) groups excluding carboxylic acids is 2. The Kier molecular flexibility index (Phi) is 4.22. The highest BCUT2D eigenvalue weighted by atomic mass is 79.9. The molecule has 1 aromatic carbocycles. The minimum Gasteiger partial charge on any atom is -0.462 e. The van der Waals surface area contributed by atoms with Crippen molar-refractivity contribution in [3.8, 4) is 0 Å². The first-order chi connectivity index (χ1) is 10.5.